The summed E-state index contributed by atoms with van der Waals surface area (Å²) in [5, 5.41) is 13.4. The van der Waals surface area contributed by atoms with Crippen LogP contribution in [0.3, 0.4) is 0 Å². The van der Waals surface area contributed by atoms with Crippen molar-refractivity contribution >= 4 is 34.2 Å². The molecule has 1 amide bonds. The number of carboxylic acid groups (broad SMARTS) is 1. The largest absolute Gasteiger partial charge is 0.478 e. The zero-order valence-electron chi connectivity index (χ0n) is 17.7. The van der Waals surface area contributed by atoms with Gasteiger partial charge in [0.25, 0.3) is 0 Å². The normalized spacial score (nSPS) is 14.7. The maximum atomic E-state index is 12.8. The van der Waals surface area contributed by atoms with Gasteiger partial charge in [-0.05, 0) is 43.7 Å². The Hall–Kier alpha value is -2.93. The van der Waals surface area contributed by atoms with E-state index >= 15 is 0 Å². The molecule has 0 bridgehead atoms. The van der Waals surface area contributed by atoms with Crippen molar-refractivity contribution in [2.75, 3.05) is 5.32 Å². The molecule has 1 aliphatic carbocycles. The third-order valence-electron chi connectivity index (χ3n) is 5.25. The van der Waals surface area contributed by atoms with Crippen LogP contribution in [0.25, 0.3) is 11.1 Å². The SMILES string of the molecule is CC(C)OC(=O)c1c(-c2ccc(C3CCCCC3)cc2)csc1NC(=O)C=CC(=O)O. The first-order chi connectivity index (χ1) is 14.8. The van der Waals surface area contributed by atoms with Gasteiger partial charge in [0.05, 0.1) is 6.10 Å². The molecule has 0 spiro atoms. The number of carbonyl (C=O) groups is 3. The zero-order chi connectivity index (χ0) is 22.4. The number of carboxylic acids is 1. The Labute approximate surface area is 185 Å². The lowest BCUT2D eigenvalue weighted by Gasteiger charge is -2.22. The van der Waals surface area contributed by atoms with Crippen LogP contribution in [0.5, 0.6) is 0 Å². The molecule has 1 saturated carbocycles. The second-order valence-electron chi connectivity index (χ2n) is 7.93. The van der Waals surface area contributed by atoms with Gasteiger partial charge in [-0.1, -0.05) is 43.5 Å². The molecule has 0 aliphatic heterocycles. The maximum Gasteiger partial charge on any atom is 0.342 e. The summed E-state index contributed by atoms with van der Waals surface area (Å²) in [7, 11) is 0. The number of anilines is 1. The van der Waals surface area contributed by atoms with Crippen molar-refractivity contribution in [3.63, 3.8) is 0 Å². The van der Waals surface area contributed by atoms with Gasteiger partial charge in [0, 0.05) is 23.1 Å². The summed E-state index contributed by atoms with van der Waals surface area (Å²) >= 11 is 1.21. The Bertz CT molecular complexity index is 968. The number of esters is 1. The van der Waals surface area contributed by atoms with Gasteiger partial charge in [-0.3, -0.25) is 4.79 Å². The number of benzene rings is 1. The molecule has 3 rings (SSSR count). The summed E-state index contributed by atoms with van der Waals surface area (Å²) in [4.78, 5) is 35.5. The van der Waals surface area contributed by atoms with Gasteiger partial charge >= 0.3 is 11.9 Å². The molecule has 0 radical (unpaired) electrons. The van der Waals surface area contributed by atoms with Gasteiger partial charge in [-0.15, -0.1) is 11.3 Å². The van der Waals surface area contributed by atoms with E-state index in [-0.39, 0.29) is 11.7 Å². The summed E-state index contributed by atoms with van der Waals surface area (Å²) < 4.78 is 5.40. The second kappa shape index (κ2) is 10.4. The lowest BCUT2D eigenvalue weighted by molar-refractivity contribution is -0.131. The summed E-state index contributed by atoms with van der Waals surface area (Å²) in [5.41, 5.74) is 3.15. The minimum atomic E-state index is -1.22. The average molecular weight is 442 g/mol. The lowest BCUT2D eigenvalue weighted by atomic mass is 9.83. The molecule has 6 nitrogen and oxygen atoms in total. The van der Waals surface area contributed by atoms with Gasteiger partial charge in [-0.2, -0.15) is 0 Å². The zero-order valence-corrected chi connectivity index (χ0v) is 18.5. The van der Waals surface area contributed by atoms with Crippen LogP contribution in [-0.4, -0.2) is 29.1 Å². The maximum absolute atomic E-state index is 12.8. The van der Waals surface area contributed by atoms with Crippen LogP contribution in [0.2, 0.25) is 0 Å². The van der Waals surface area contributed by atoms with Crippen molar-refractivity contribution in [1.29, 1.82) is 0 Å². The first kappa shape index (κ1) is 22.7. The number of aliphatic carboxylic acids is 1. The quantitative estimate of drug-likeness (QED) is 0.430. The second-order valence-corrected chi connectivity index (χ2v) is 8.80. The van der Waals surface area contributed by atoms with E-state index in [0.717, 1.165) is 17.7 Å². The van der Waals surface area contributed by atoms with Gasteiger partial charge in [-0.25, -0.2) is 9.59 Å². The van der Waals surface area contributed by atoms with Crippen molar-refractivity contribution in [2.24, 2.45) is 0 Å². The number of rotatable bonds is 7. The van der Waals surface area contributed by atoms with Crippen LogP contribution < -0.4 is 5.32 Å². The Morgan fingerprint density at radius 3 is 2.39 bits per heavy atom. The molecule has 0 unspecified atom stereocenters. The van der Waals surface area contributed by atoms with E-state index in [2.05, 4.69) is 17.4 Å². The lowest BCUT2D eigenvalue weighted by Crippen LogP contribution is -2.15. The highest BCUT2D eigenvalue weighted by molar-refractivity contribution is 7.15. The van der Waals surface area contributed by atoms with Crippen LogP contribution >= 0.6 is 11.3 Å². The minimum Gasteiger partial charge on any atom is -0.478 e. The topological polar surface area (TPSA) is 92.7 Å². The van der Waals surface area contributed by atoms with E-state index in [9.17, 15) is 14.4 Å². The van der Waals surface area contributed by atoms with Crippen molar-refractivity contribution in [2.45, 2.75) is 58.0 Å². The summed E-state index contributed by atoms with van der Waals surface area (Å²) in [6.07, 6.45) is 7.61. The van der Waals surface area contributed by atoms with Gasteiger partial charge in [0.1, 0.15) is 10.6 Å². The average Bonchev–Trinajstić information content (AvgIpc) is 3.16. The number of nitrogens with one attached hydrogen (secondary N) is 1. The number of hydrogen-bond acceptors (Lipinski definition) is 5. The van der Waals surface area contributed by atoms with Crippen LogP contribution in [0.4, 0.5) is 5.00 Å². The molecular formula is C24H27NO5S. The van der Waals surface area contributed by atoms with E-state index in [1.54, 1.807) is 13.8 Å². The predicted molar refractivity (Wildman–Crippen MR) is 122 cm³/mol. The number of hydrogen-bond donors (Lipinski definition) is 2. The number of thiophene rings is 1. The fraction of sp³-hybridized carbons (Fsp3) is 0.375. The Balaban J connectivity index is 1.90. The molecule has 1 heterocycles. The van der Waals surface area contributed by atoms with E-state index in [1.807, 2.05) is 17.5 Å². The van der Waals surface area contributed by atoms with Gasteiger partial charge < -0.3 is 15.2 Å². The molecule has 0 atom stereocenters. The fourth-order valence-corrected chi connectivity index (χ4v) is 4.77. The molecule has 7 heteroatoms. The van der Waals surface area contributed by atoms with Crippen molar-refractivity contribution in [3.05, 3.63) is 52.9 Å². The molecule has 2 aromatic rings. The third kappa shape index (κ3) is 6.04. The summed E-state index contributed by atoms with van der Waals surface area (Å²) in [5.74, 6) is -1.78. The molecule has 1 aliphatic rings. The highest BCUT2D eigenvalue weighted by atomic mass is 32.1. The van der Waals surface area contributed by atoms with Crippen LogP contribution in [0.1, 0.15) is 67.8 Å². The molecule has 2 N–H and O–H groups in total. The number of carbonyl (C=O) groups excluding carboxylic acids is 2. The predicted octanol–water partition coefficient (Wildman–Crippen LogP) is 5.61. The monoisotopic (exact) mass is 441 g/mol. The number of ether oxygens (including phenoxy) is 1. The van der Waals surface area contributed by atoms with Crippen molar-refractivity contribution in [3.8, 4) is 11.1 Å². The van der Waals surface area contributed by atoms with Gasteiger partial charge in [0.2, 0.25) is 5.91 Å². The van der Waals surface area contributed by atoms with E-state index < -0.39 is 17.8 Å². The van der Waals surface area contributed by atoms with Crippen LogP contribution in [0, 0.1) is 0 Å². The molecular weight excluding hydrogens is 414 g/mol. The third-order valence-corrected chi connectivity index (χ3v) is 6.15. The first-order valence-electron chi connectivity index (χ1n) is 10.5. The molecule has 164 valence electrons. The van der Waals surface area contributed by atoms with Gasteiger partial charge in [0.15, 0.2) is 0 Å². The summed E-state index contributed by atoms with van der Waals surface area (Å²) in [6.45, 7) is 3.52. The molecule has 1 aromatic carbocycles. The first-order valence-corrected chi connectivity index (χ1v) is 11.4. The molecule has 31 heavy (non-hydrogen) atoms. The standard InChI is InChI=1S/C24H27NO5S/c1-15(2)30-24(29)22-19(14-31-23(22)25-20(26)12-13-21(27)28)18-10-8-17(9-11-18)16-6-4-3-5-7-16/h8-16H,3-7H2,1-2H3,(H,25,26)(H,27,28). The summed E-state index contributed by atoms with van der Waals surface area (Å²) in [6, 6.07) is 8.25. The Morgan fingerprint density at radius 2 is 1.77 bits per heavy atom. The Morgan fingerprint density at radius 1 is 1.10 bits per heavy atom. The van der Waals surface area contributed by atoms with Crippen LogP contribution in [0.15, 0.2) is 41.8 Å². The van der Waals surface area contributed by atoms with E-state index in [0.29, 0.717) is 16.5 Å². The minimum absolute atomic E-state index is 0.279. The molecule has 0 saturated heterocycles. The van der Waals surface area contributed by atoms with Crippen molar-refractivity contribution in [1.82, 2.24) is 0 Å². The fourth-order valence-electron chi connectivity index (χ4n) is 3.81. The Kier molecular flexibility index (Phi) is 7.63. The van der Waals surface area contributed by atoms with Crippen molar-refractivity contribution < 1.29 is 24.2 Å². The smallest absolute Gasteiger partial charge is 0.342 e. The van der Waals surface area contributed by atoms with E-state index in [4.69, 9.17) is 9.84 Å². The van der Waals surface area contributed by atoms with E-state index in [1.165, 1.54) is 49.0 Å². The highest BCUT2D eigenvalue weighted by Gasteiger charge is 2.24. The molecule has 1 fully saturated rings. The number of amides is 1. The van der Waals surface area contributed by atoms with Crippen LogP contribution in [-0.2, 0) is 14.3 Å². The highest BCUT2D eigenvalue weighted by Crippen LogP contribution is 2.38. The molecule has 1 aromatic heterocycles.